The molecule has 0 bridgehead atoms. The number of piperidine rings is 1. The summed E-state index contributed by atoms with van der Waals surface area (Å²) in [5, 5.41) is 6.24. The van der Waals surface area contributed by atoms with Crippen molar-refractivity contribution in [3.8, 4) is 0 Å². The summed E-state index contributed by atoms with van der Waals surface area (Å²) in [6.45, 7) is 5.00. The zero-order chi connectivity index (χ0) is 23.1. The van der Waals surface area contributed by atoms with Crippen LogP contribution in [-0.2, 0) is 4.79 Å². The van der Waals surface area contributed by atoms with Gasteiger partial charge in [0, 0.05) is 24.7 Å². The third-order valence-corrected chi connectivity index (χ3v) is 6.34. The Balaban J connectivity index is 1.71. The van der Waals surface area contributed by atoms with Crippen LogP contribution in [0.4, 0.5) is 0 Å². The molecular weight excluding hydrogens is 426 g/mol. The van der Waals surface area contributed by atoms with Gasteiger partial charge < -0.3 is 15.5 Å². The number of nitrogens with one attached hydrogen (secondary N) is 2. The van der Waals surface area contributed by atoms with Crippen molar-refractivity contribution >= 4 is 29.3 Å². The Hall–Kier alpha value is -2.86. The molecule has 1 aliphatic rings. The van der Waals surface area contributed by atoms with Crippen LogP contribution >= 0.6 is 11.6 Å². The van der Waals surface area contributed by atoms with Crippen molar-refractivity contribution in [2.24, 2.45) is 5.92 Å². The molecule has 2 aromatic carbocycles. The fraction of sp³-hybridized carbons (Fsp3) is 0.400. The number of likely N-dealkylation sites (tertiary alicyclic amines) is 1. The van der Waals surface area contributed by atoms with E-state index in [0.717, 1.165) is 6.42 Å². The van der Waals surface area contributed by atoms with E-state index in [1.165, 1.54) is 0 Å². The molecule has 3 rings (SSSR count). The molecule has 1 heterocycles. The van der Waals surface area contributed by atoms with Gasteiger partial charge in [0.2, 0.25) is 5.91 Å². The minimum absolute atomic E-state index is 0.00182. The Morgan fingerprint density at radius 3 is 2.25 bits per heavy atom. The van der Waals surface area contributed by atoms with Crippen molar-refractivity contribution in [1.29, 1.82) is 0 Å². The zero-order valence-corrected chi connectivity index (χ0v) is 19.3. The van der Waals surface area contributed by atoms with Gasteiger partial charge >= 0.3 is 0 Å². The van der Waals surface area contributed by atoms with E-state index in [9.17, 15) is 14.4 Å². The maximum Gasteiger partial charge on any atom is 0.253 e. The standard InChI is InChI=1S/C25H30ClN3O3/c1-3-17(2)27-24(31)22(28-23(30)20-11-7-8-12-21(20)26)18-13-15-29(16-14-18)25(32)19-9-5-4-6-10-19/h4-12,17-18,22H,3,13-16H2,1-2H3,(H,27,31)(H,28,30)/t17-,22-/m1/s1. The van der Waals surface area contributed by atoms with Gasteiger partial charge in [0.1, 0.15) is 6.04 Å². The summed E-state index contributed by atoms with van der Waals surface area (Å²) in [6.07, 6.45) is 2.04. The first-order valence-electron chi connectivity index (χ1n) is 11.1. The molecule has 2 atom stereocenters. The topological polar surface area (TPSA) is 78.5 Å². The van der Waals surface area contributed by atoms with Gasteiger partial charge in [0.25, 0.3) is 11.8 Å². The molecular formula is C25H30ClN3O3. The van der Waals surface area contributed by atoms with E-state index < -0.39 is 6.04 Å². The van der Waals surface area contributed by atoms with E-state index in [1.54, 1.807) is 36.4 Å². The molecule has 1 aliphatic heterocycles. The lowest BCUT2D eigenvalue weighted by molar-refractivity contribution is -0.125. The van der Waals surface area contributed by atoms with Gasteiger partial charge in [-0.15, -0.1) is 0 Å². The number of hydrogen-bond acceptors (Lipinski definition) is 3. The Morgan fingerprint density at radius 1 is 1.00 bits per heavy atom. The number of carbonyl (C=O) groups is 3. The van der Waals surface area contributed by atoms with E-state index in [2.05, 4.69) is 10.6 Å². The summed E-state index contributed by atoms with van der Waals surface area (Å²) in [5.74, 6) is -0.662. The number of hydrogen-bond donors (Lipinski definition) is 2. The van der Waals surface area contributed by atoms with Crippen molar-refractivity contribution < 1.29 is 14.4 Å². The molecule has 1 fully saturated rings. The van der Waals surface area contributed by atoms with E-state index in [0.29, 0.717) is 42.1 Å². The molecule has 170 valence electrons. The molecule has 32 heavy (non-hydrogen) atoms. The van der Waals surface area contributed by atoms with Crippen LogP contribution in [0.1, 0.15) is 53.8 Å². The minimum atomic E-state index is -0.693. The Kier molecular flexibility index (Phi) is 8.28. The summed E-state index contributed by atoms with van der Waals surface area (Å²) in [4.78, 5) is 40.5. The normalized spacial score (nSPS) is 16.2. The van der Waals surface area contributed by atoms with Crippen LogP contribution in [0.3, 0.4) is 0 Å². The van der Waals surface area contributed by atoms with Crippen LogP contribution in [-0.4, -0.2) is 47.8 Å². The highest BCUT2D eigenvalue weighted by atomic mass is 35.5. The van der Waals surface area contributed by atoms with E-state index in [4.69, 9.17) is 11.6 Å². The highest BCUT2D eigenvalue weighted by Crippen LogP contribution is 2.24. The molecule has 7 heteroatoms. The van der Waals surface area contributed by atoms with E-state index in [-0.39, 0.29) is 29.7 Å². The smallest absolute Gasteiger partial charge is 0.253 e. The van der Waals surface area contributed by atoms with Gasteiger partial charge in [-0.25, -0.2) is 0 Å². The molecule has 3 amide bonds. The van der Waals surface area contributed by atoms with Gasteiger partial charge in [-0.3, -0.25) is 14.4 Å². The second-order valence-electron chi connectivity index (χ2n) is 8.24. The van der Waals surface area contributed by atoms with Crippen molar-refractivity contribution in [1.82, 2.24) is 15.5 Å². The monoisotopic (exact) mass is 455 g/mol. The lowest BCUT2D eigenvalue weighted by Gasteiger charge is -2.36. The molecule has 0 aromatic heterocycles. The van der Waals surface area contributed by atoms with Crippen molar-refractivity contribution in [3.63, 3.8) is 0 Å². The molecule has 0 aliphatic carbocycles. The quantitative estimate of drug-likeness (QED) is 0.664. The summed E-state index contributed by atoms with van der Waals surface area (Å²) in [6, 6.07) is 15.3. The second-order valence-corrected chi connectivity index (χ2v) is 8.65. The minimum Gasteiger partial charge on any atom is -0.352 e. The van der Waals surface area contributed by atoms with Gasteiger partial charge in [-0.05, 0) is 56.4 Å². The van der Waals surface area contributed by atoms with Crippen LogP contribution in [0.5, 0.6) is 0 Å². The molecule has 0 unspecified atom stereocenters. The molecule has 0 saturated carbocycles. The Labute approximate surface area is 194 Å². The number of carbonyl (C=O) groups excluding carboxylic acids is 3. The third-order valence-electron chi connectivity index (χ3n) is 6.01. The number of halogens is 1. The van der Waals surface area contributed by atoms with Crippen molar-refractivity contribution in [2.75, 3.05) is 13.1 Å². The summed E-state index contributed by atoms with van der Waals surface area (Å²) < 4.78 is 0. The van der Waals surface area contributed by atoms with Crippen LogP contribution in [0, 0.1) is 5.92 Å². The maximum atomic E-state index is 13.1. The number of benzene rings is 2. The molecule has 1 saturated heterocycles. The third kappa shape index (κ3) is 5.88. The van der Waals surface area contributed by atoms with Crippen LogP contribution in [0.25, 0.3) is 0 Å². The number of rotatable bonds is 7. The van der Waals surface area contributed by atoms with Gasteiger partial charge in [-0.1, -0.05) is 48.9 Å². The first-order chi connectivity index (χ1) is 15.4. The summed E-state index contributed by atoms with van der Waals surface area (Å²) in [5.41, 5.74) is 0.997. The first kappa shape index (κ1) is 23.8. The van der Waals surface area contributed by atoms with Gasteiger partial charge in [-0.2, -0.15) is 0 Å². The van der Waals surface area contributed by atoms with E-state index in [1.807, 2.05) is 36.9 Å². The van der Waals surface area contributed by atoms with Crippen LogP contribution in [0.2, 0.25) is 5.02 Å². The Bertz CT molecular complexity index is 942. The first-order valence-corrected chi connectivity index (χ1v) is 11.5. The average molecular weight is 456 g/mol. The van der Waals surface area contributed by atoms with Crippen molar-refractivity contribution in [3.05, 3.63) is 70.7 Å². The molecule has 0 radical (unpaired) electrons. The van der Waals surface area contributed by atoms with Gasteiger partial charge in [0.05, 0.1) is 10.6 Å². The highest BCUT2D eigenvalue weighted by molar-refractivity contribution is 6.33. The summed E-state index contributed by atoms with van der Waals surface area (Å²) >= 11 is 6.18. The van der Waals surface area contributed by atoms with Gasteiger partial charge in [0.15, 0.2) is 0 Å². The summed E-state index contributed by atoms with van der Waals surface area (Å²) in [7, 11) is 0. The van der Waals surface area contributed by atoms with E-state index >= 15 is 0 Å². The van der Waals surface area contributed by atoms with Crippen LogP contribution in [0.15, 0.2) is 54.6 Å². The lowest BCUT2D eigenvalue weighted by atomic mass is 9.88. The highest BCUT2D eigenvalue weighted by Gasteiger charge is 2.34. The average Bonchev–Trinajstić information content (AvgIpc) is 2.82. The number of nitrogens with zero attached hydrogens (tertiary/aromatic N) is 1. The largest absolute Gasteiger partial charge is 0.352 e. The molecule has 0 spiro atoms. The lowest BCUT2D eigenvalue weighted by Crippen LogP contribution is -2.55. The van der Waals surface area contributed by atoms with Crippen LogP contribution < -0.4 is 10.6 Å². The molecule has 2 aromatic rings. The predicted octanol–water partition coefficient (Wildman–Crippen LogP) is 3.91. The molecule has 2 N–H and O–H groups in total. The van der Waals surface area contributed by atoms with Crippen molar-refractivity contribution in [2.45, 2.75) is 45.2 Å². The SMILES string of the molecule is CC[C@@H](C)NC(=O)[C@H](NC(=O)c1ccccc1Cl)C1CCN(C(=O)c2ccccc2)CC1. The zero-order valence-electron chi connectivity index (χ0n) is 18.5. The maximum absolute atomic E-state index is 13.1. The predicted molar refractivity (Wildman–Crippen MR) is 126 cm³/mol. The fourth-order valence-electron chi connectivity index (χ4n) is 3.90. The second kappa shape index (κ2) is 11.1. The Morgan fingerprint density at radius 2 is 1.62 bits per heavy atom. The number of amides is 3. The fourth-order valence-corrected chi connectivity index (χ4v) is 4.12. The molecule has 6 nitrogen and oxygen atoms in total.